The van der Waals surface area contributed by atoms with Crippen LogP contribution in [0.3, 0.4) is 0 Å². The summed E-state index contributed by atoms with van der Waals surface area (Å²) >= 11 is 0. The zero-order chi connectivity index (χ0) is 22.1. The van der Waals surface area contributed by atoms with Crippen LogP contribution in [0.1, 0.15) is 91.9 Å². The van der Waals surface area contributed by atoms with Gasteiger partial charge in [-0.05, 0) is 111 Å². The Morgan fingerprint density at radius 2 is 1.59 bits per heavy atom. The average Bonchev–Trinajstić information content (AvgIpc) is 3.09. The second kappa shape index (κ2) is 12.7. The first kappa shape index (κ1) is 30.8. The van der Waals surface area contributed by atoms with E-state index in [9.17, 15) is 13.2 Å². The Balaban J connectivity index is 0.00000125. The van der Waals surface area contributed by atoms with E-state index in [1.807, 2.05) is 13.8 Å². The van der Waals surface area contributed by atoms with Gasteiger partial charge in [-0.15, -0.1) is 0 Å². The Morgan fingerprint density at radius 1 is 0.938 bits per heavy atom. The molecule has 4 saturated carbocycles. The molecular weight excluding hydrogens is 490 g/mol. The molecule has 0 heterocycles. The predicted molar refractivity (Wildman–Crippen MR) is 121 cm³/mol. The average molecular weight is 538 g/mol. The molecule has 6 heteroatoms. The van der Waals surface area contributed by atoms with Crippen molar-refractivity contribution < 1.29 is 56.1 Å². The molecule has 187 valence electrons. The number of alkyl halides is 3. The third kappa shape index (κ3) is 5.96. The SMILES string of the molecule is CC.COCC[C@@H](C)C1CCC2C3CCC4CC(C(F)(F)F)CCC4C3CCC21C.O.[Y]. The van der Waals surface area contributed by atoms with Crippen LogP contribution in [-0.4, -0.2) is 25.4 Å². The van der Waals surface area contributed by atoms with Crippen molar-refractivity contribution in [2.24, 2.45) is 52.8 Å². The topological polar surface area (TPSA) is 40.7 Å². The molecule has 0 aliphatic heterocycles. The second-order valence-corrected chi connectivity index (χ2v) is 11.0. The van der Waals surface area contributed by atoms with E-state index < -0.39 is 12.1 Å². The van der Waals surface area contributed by atoms with E-state index in [1.54, 1.807) is 7.11 Å². The molecule has 2 nitrogen and oxygen atoms in total. The minimum atomic E-state index is -3.98. The van der Waals surface area contributed by atoms with Crippen LogP contribution in [-0.2, 0) is 37.4 Å². The first-order chi connectivity index (χ1) is 14.3. The summed E-state index contributed by atoms with van der Waals surface area (Å²) in [7, 11) is 1.79. The molecule has 32 heavy (non-hydrogen) atoms. The van der Waals surface area contributed by atoms with Gasteiger partial charge in [-0.2, -0.15) is 13.2 Å². The van der Waals surface area contributed by atoms with Gasteiger partial charge in [-0.25, -0.2) is 0 Å². The fraction of sp³-hybridized carbons (Fsp3) is 1.00. The van der Waals surface area contributed by atoms with Gasteiger partial charge in [-0.3, -0.25) is 0 Å². The van der Waals surface area contributed by atoms with E-state index in [0.717, 1.165) is 43.6 Å². The van der Waals surface area contributed by atoms with Gasteiger partial charge in [0, 0.05) is 46.4 Å². The summed E-state index contributed by atoms with van der Waals surface area (Å²) in [6.07, 6.45) is 6.29. The van der Waals surface area contributed by atoms with E-state index in [0.29, 0.717) is 41.9 Å². The number of hydrogen-bond acceptors (Lipinski definition) is 1. The molecule has 1 radical (unpaired) electrons. The van der Waals surface area contributed by atoms with E-state index in [2.05, 4.69) is 13.8 Å². The van der Waals surface area contributed by atoms with Crippen LogP contribution in [0.25, 0.3) is 0 Å². The summed E-state index contributed by atoms with van der Waals surface area (Å²) in [5.74, 6) is 3.69. The summed E-state index contributed by atoms with van der Waals surface area (Å²) in [6, 6.07) is 0. The molecule has 8 unspecified atom stereocenters. The standard InChI is InChI=1S/C24H39F3O.C2H6.H2O.Y/c1-15(11-13-28-3)21-8-9-22-20-6-4-16-14-17(24(25,26)27)5-7-18(16)19(20)10-12-23(21,22)2;1-2;;/h15-22H,4-14H2,1-3H3;1-2H3;1H2;/t15-,16?,17?,18?,19?,20?,21?,22?,23?;;;/m1.../s1. The van der Waals surface area contributed by atoms with Crippen LogP contribution in [0, 0.1) is 52.8 Å². The Hall–Kier alpha value is 0.814. The van der Waals surface area contributed by atoms with Crippen LogP contribution in [0.2, 0.25) is 0 Å². The molecule has 0 aromatic heterocycles. The Kier molecular flexibility index (Phi) is 12.2. The first-order valence-corrected chi connectivity index (χ1v) is 12.8. The molecule has 4 fully saturated rings. The zero-order valence-electron chi connectivity index (χ0n) is 21.0. The van der Waals surface area contributed by atoms with Crippen LogP contribution in [0.5, 0.6) is 0 Å². The molecule has 0 saturated heterocycles. The quantitative estimate of drug-likeness (QED) is 0.371. The van der Waals surface area contributed by atoms with Crippen molar-refractivity contribution in [2.75, 3.05) is 13.7 Å². The van der Waals surface area contributed by atoms with E-state index in [1.165, 1.54) is 32.1 Å². The van der Waals surface area contributed by atoms with Crippen molar-refractivity contribution in [1.82, 2.24) is 0 Å². The summed E-state index contributed by atoms with van der Waals surface area (Å²) in [5.41, 5.74) is 0.449. The van der Waals surface area contributed by atoms with Gasteiger partial charge in [0.25, 0.3) is 0 Å². The molecule has 0 amide bonds. The third-order valence-corrected chi connectivity index (χ3v) is 9.95. The van der Waals surface area contributed by atoms with E-state index in [-0.39, 0.29) is 38.2 Å². The number of rotatable bonds is 4. The van der Waals surface area contributed by atoms with Crippen LogP contribution >= 0.6 is 0 Å². The number of hydrogen-bond donors (Lipinski definition) is 0. The van der Waals surface area contributed by atoms with Gasteiger partial charge < -0.3 is 10.2 Å². The molecule has 9 atom stereocenters. The summed E-state index contributed by atoms with van der Waals surface area (Å²) in [5, 5.41) is 0. The van der Waals surface area contributed by atoms with Crippen molar-refractivity contribution in [1.29, 1.82) is 0 Å². The smallest absolute Gasteiger partial charge is 0.391 e. The number of halogens is 3. The molecule has 2 N–H and O–H groups in total. The zero-order valence-corrected chi connectivity index (χ0v) is 23.9. The fourth-order valence-electron chi connectivity index (χ4n) is 8.63. The van der Waals surface area contributed by atoms with Crippen LogP contribution in [0.15, 0.2) is 0 Å². The Labute approximate surface area is 219 Å². The minimum absolute atomic E-state index is 0. The van der Waals surface area contributed by atoms with Crippen LogP contribution < -0.4 is 0 Å². The van der Waals surface area contributed by atoms with Gasteiger partial charge in [-0.1, -0.05) is 27.7 Å². The van der Waals surface area contributed by atoms with Crippen LogP contribution in [0.4, 0.5) is 13.2 Å². The van der Waals surface area contributed by atoms with Gasteiger partial charge in [0.1, 0.15) is 0 Å². The Morgan fingerprint density at radius 3 is 2.22 bits per heavy atom. The van der Waals surface area contributed by atoms with E-state index >= 15 is 0 Å². The van der Waals surface area contributed by atoms with Crippen molar-refractivity contribution in [2.45, 2.75) is 98.1 Å². The maximum atomic E-state index is 13.3. The van der Waals surface area contributed by atoms with Crippen molar-refractivity contribution in [3.63, 3.8) is 0 Å². The minimum Gasteiger partial charge on any atom is -0.412 e. The fourth-order valence-corrected chi connectivity index (χ4v) is 8.63. The molecule has 0 bridgehead atoms. The van der Waals surface area contributed by atoms with Gasteiger partial charge >= 0.3 is 6.18 Å². The number of ether oxygens (including phenoxy) is 1. The monoisotopic (exact) mass is 537 g/mol. The molecule has 0 aromatic carbocycles. The molecule has 4 aliphatic carbocycles. The maximum Gasteiger partial charge on any atom is 0.391 e. The van der Waals surface area contributed by atoms with Gasteiger partial charge in [0.15, 0.2) is 0 Å². The number of fused-ring (bicyclic) bond motifs is 5. The Bertz CT molecular complexity index is 558. The summed E-state index contributed by atoms with van der Waals surface area (Å²) < 4.78 is 45.1. The van der Waals surface area contributed by atoms with Crippen molar-refractivity contribution >= 4 is 0 Å². The largest absolute Gasteiger partial charge is 0.412 e. The van der Waals surface area contributed by atoms with Gasteiger partial charge in [0.05, 0.1) is 5.92 Å². The molecule has 0 aromatic rings. The first-order valence-electron chi connectivity index (χ1n) is 12.8. The molecule has 4 rings (SSSR count). The molecular formula is C26H47F3O2Y. The van der Waals surface area contributed by atoms with Crippen molar-refractivity contribution in [3.05, 3.63) is 0 Å². The molecule has 4 aliphatic rings. The normalized spacial score (nSPS) is 41.4. The second-order valence-electron chi connectivity index (χ2n) is 11.0. The van der Waals surface area contributed by atoms with Crippen molar-refractivity contribution in [3.8, 4) is 0 Å². The maximum absolute atomic E-state index is 13.3. The summed E-state index contributed by atoms with van der Waals surface area (Å²) in [4.78, 5) is 0. The van der Waals surface area contributed by atoms with Gasteiger partial charge in [0.2, 0.25) is 0 Å². The van der Waals surface area contributed by atoms with E-state index in [4.69, 9.17) is 4.74 Å². The number of methoxy groups -OCH3 is 1. The summed E-state index contributed by atoms with van der Waals surface area (Å²) in [6.45, 7) is 9.83. The molecule has 0 spiro atoms. The predicted octanol–water partition coefficient (Wildman–Crippen LogP) is 7.31. The third-order valence-electron chi connectivity index (χ3n) is 9.95.